The topological polar surface area (TPSA) is 34.9 Å². The zero-order valence-corrected chi connectivity index (χ0v) is 9.91. The van der Waals surface area contributed by atoms with Crippen LogP contribution in [0.25, 0.3) is 0 Å². The van der Waals surface area contributed by atoms with E-state index in [0.29, 0.717) is 12.2 Å². The molecule has 1 aromatic carbocycles. The minimum absolute atomic E-state index is 0.107. The fraction of sp³-hybridized carbons (Fsp3) is 0.167. The van der Waals surface area contributed by atoms with Crippen LogP contribution in [0.1, 0.15) is 23.0 Å². The van der Waals surface area contributed by atoms with E-state index in [1.165, 1.54) is 29.1 Å². The third-order valence-corrected chi connectivity index (χ3v) is 2.75. The molecule has 17 heavy (non-hydrogen) atoms. The first-order chi connectivity index (χ1) is 8.15. The largest absolute Gasteiger partial charge is 0.287 e. The molecule has 0 saturated heterocycles. The molecule has 3 nitrogen and oxygen atoms in total. The van der Waals surface area contributed by atoms with Crippen LogP contribution in [0.4, 0.5) is 4.39 Å². The highest BCUT2D eigenvalue weighted by Crippen LogP contribution is 2.22. The molecular weight excluding hydrogens is 243 g/mol. The van der Waals surface area contributed by atoms with E-state index in [-0.39, 0.29) is 10.6 Å². The van der Waals surface area contributed by atoms with Gasteiger partial charge in [0.1, 0.15) is 11.5 Å². The van der Waals surface area contributed by atoms with Gasteiger partial charge in [0.2, 0.25) is 5.78 Å². The Labute approximate surface area is 103 Å². The quantitative estimate of drug-likeness (QED) is 0.788. The van der Waals surface area contributed by atoms with Crippen molar-refractivity contribution in [3.8, 4) is 0 Å². The minimum atomic E-state index is -0.619. The Kier molecular flexibility index (Phi) is 3.24. The van der Waals surface area contributed by atoms with Crippen molar-refractivity contribution < 1.29 is 9.18 Å². The van der Waals surface area contributed by atoms with Crippen molar-refractivity contribution in [2.24, 2.45) is 0 Å². The monoisotopic (exact) mass is 252 g/mol. The number of ketones is 1. The van der Waals surface area contributed by atoms with E-state index < -0.39 is 11.6 Å². The van der Waals surface area contributed by atoms with Gasteiger partial charge in [-0.05, 0) is 25.1 Å². The van der Waals surface area contributed by atoms with Crippen molar-refractivity contribution in [1.29, 1.82) is 0 Å². The SMILES string of the molecule is CCn1nccc1C(=O)c1c(F)cccc1Cl. The minimum Gasteiger partial charge on any atom is -0.287 e. The normalized spacial score (nSPS) is 10.5. The molecule has 2 aromatic rings. The molecule has 0 aliphatic heterocycles. The predicted molar refractivity (Wildman–Crippen MR) is 62.7 cm³/mol. The van der Waals surface area contributed by atoms with Crippen molar-refractivity contribution in [1.82, 2.24) is 9.78 Å². The maximum Gasteiger partial charge on any atom is 0.215 e. The molecule has 0 saturated carbocycles. The van der Waals surface area contributed by atoms with Crippen molar-refractivity contribution in [3.05, 3.63) is 52.6 Å². The first kappa shape index (κ1) is 11.8. The van der Waals surface area contributed by atoms with Crippen LogP contribution in [-0.2, 0) is 6.54 Å². The van der Waals surface area contributed by atoms with E-state index in [2.05, 4.69) is 5.10 Å². The molecule has 0 amide bonds. The summed E-state index contributed by atoms with van der Waals surface area (Å²) in [7, 11) is 0. The van der Waals surface area contributed by atoms with Gasteiger partial charge in [0.15, 0.2) is 0 Å². The van der Waals surface area contributed by atoms with Crippen LogP contribution in [0.2, 0.25) is 5.02 Å². The van der Waals surface area contributed by atoms with E-state index in [0.717, 1.165) is 0 Å². The third kappa shape index (κ3) is 2.08. The van der Waals surface area contributed by atoms with E-state index in [9.17, 15) is 9.18 Å². The number of nitrogens with zero attached hydrogens (tertiary/aromatic N) is 2. The number of aromatic nitrogens is 2. The molecule has 0 aliphatic rings. The van der Waals surface area contributed by atoms with Crippen molar-refractivity contribution in [2.75, 3.05) is 0 Å². The van der Waals surface area contributed by atoms with Gasteiger partial charge in [0.25, 0.3) is 0 Å². The predicted octanol–water partition coefficient (Wildman–Crippen LogP) is 2.93. The molecular formula is C12H10ClFN2O. The first-order valence-corrected chi connectivity index (χ1v) is 5.53. The third-order valence-electron chi connectivity index (χ3n) is 2.44. The molecule has 0 aliphatic carbocycles. The Bertz CT molecular complexity index is 545. The smallest absolute Gasteiger partial charge is 0.215 e. The van der Waals surface area contributed by atoms with Crippen LogP contribution >= 0.6 is 11.6 Å². The van der Waals surface area contributed by atoms with Crippen LogP contribution in [0, 0.1) is 5.82 Å². The van der Waals surface area contributed by atoms with Gasteiger partial charge in [-0.15, -0.1) is 0 Å². The zero-order valence-electron chi connectivity index (χ0n) is 9.15. The molecule has 2 rings (SSSR count). The molecule has 0 radical (unpaired) electrons. The lowest BCUT2D eigenvalue weighted by molar-refractivity contribution is 0.102. The summed E-state index contributed by atoms with van der Waals surface area (Å²) in [4.78, 5) is 12.1. The van der Waals surface area contributed by atoms with Crippen LogP contribution in [0.15, 0.2) is 30.5 Å². The Balaban J connectivity index is 2.51. The summed E-state index contributed by atoms with van der Waals surface area (Å²) in [6.45, 7) is 2.40. The molecule has 0 unspecified atom stereocenters. The molecule has 88 valence electrons. The highest BCUT2D eigenvalue weighted by atomic mass is 35.5. The van der Waals surface area contributed by atoms with Gasteiger partial charge in [-0.25, -0.2) is 4.39 Å². The molecule has 0 bridgehead atoms. The highest BCUT2D eigenvalue weighted by molar-refractivity contribution is 6.34. The summed E-state index contributed by atoms with van der Waals surface area (Å²) in [5.41, 5.74) is 0.226. The maximum absolute atomic E-state index is 13.6. The summed E-state index contributed by atoms with van der Waals surface area (Å²) in [6.07, 6.45) is 1.51. The molecule has 0 fully saturated rings. The van der Waals surface area contributed by atoms with Crippen LogP contribution in [0.5, 0.6) is 0 Å². The summed E-state index contributed by atoms with van der Waals surface area (Å²) < 4.78 is 15.1. The Hall–Kier alpha value is -1.68. The number of aryl methyl sites for hydroxylation is 1. The second-order valence-corrected chi connectivity index (χ2v) is 3.87. The lowest BCUT2D eigenvalue weighted by atomic mass is 10.1. The number of rotatable bonds is 3. The zero-order chi connectivity index (χ0) is 12.4. The van der Waals surface area contributed by atoms with E-state index in [1.54, 1.807) is 6.07 Å². The summed E-state index contributed by atoms with van der Waals surface area (Å²) in [5, 5.41) is 4.08. The van der Waals surface area contributed by atoms with Crippen LogP contribution < -0.4 is 0 Å². The summed E-state index contributed by atoms with van der Waals surface area (Å²) in [6, 6.07) is 5.72. The second kappa shape index (κ2) is 4.67. The molecule has 0 atom stereocenters. The van der Waals surface area contributed by atoms with Crippen molar-refractivity contribution in [2.45, 2.75) is 13.5 Å². The lowest BCUT2D eigenvalue weighted by Gasteiger charge is -2.06. The average Bonchev–Trinajstić information content (AvgIpc) is 2.76. The van der Waals surface area contributed by atoms with Gasteiger partial charge in [0, 0.05) is 12.7 Å². The van der Waals surface area contributed by atoms with Gasteiger partial charge in [0.05, 0.1) is 10.6 Å². The highest BCUT2D eigenvalue weighted by Gasteiger charge is 2.20. The van der Waals surface area contributed by atoms with Crippen LogP contribution in [-0.4, -0.2) is 15.6 Å². The number of halogens is 2. The second-order valence-electron chi connectivity index (χ2n) is 3.46. The molecule has 0 spiro atoms. The molecule has 1 aromatic heterocycles. The van der Waals surface area contributed by atoms with E-state index >= 15 is 0 Å². The van der Waals surface area contributed by atoms with Gasteiger partial charge >= 0.3 is 0 Å². The molecule has 1 heterocycles. The Morgan fingerprint density at radius 3 is 2.88 bits per heavy atom. The van der Waals surface area contributed by atoms with Gasteiger partial charge in [-0.3, -0.25) is 9.48 Å². The number of carbonyl (C=O) groups is 1. The fourth-order valence-corrected chi connectivity index (χ4v) is 1.87. The fourth-order valence-electron chi connectivity index (χ4n) is 1.62. The van der Waals surface area contributed by atoms with Gasteiger partial charge in [-0.2, -0.15) is 5.10 Å². The Morgan fingerprint density at radius 2 is 2.24 bits per heavy atom. The Morgan fingerprint density at radius 1 is 1.47 bits per heavy atom. The average molecular weight is 253 g/mol. The summed E-state index contributed by atoms with van der Waals surface area (Å²) >= 11 is 5.85. The van der Waals surface area contributed by atoms with Crippen molar-refractivity contribution in [3.63, 3.8) is 0 Å². The number of carbonyl (C=O) groups excluding carboxylic acids is 1. The molecule has 0 N–H and O–H groups in total. The standard InChI is InChI=1S/C12H10ClFN2O/c1-2-16-10(6-7-15-16)12(17)11-8(13)4-3-5-9(11)14/h3-7H,2H2,1H3. The van der Waals surface area contributed by atoms with Crippen molar-refractivity contribution >= 4 is 17.4 Å². The molecule has 5 heteroatoms. The maximum atomic E-state index is 13.6. The van der Waals surface area contributed by atoms with Crippen LogP contribution in [0.3, 0.4) is 0 Å². The first-order valence-electron chi connectivity index (χ1n) is 5.15. The lowest BCUT2D eigenvalue weighted by Crippen LogP contribution is -2.12. The number of hydrogen-bond donors (Lipinski definition) is 0. The van der Waals surface area contributed by atoms with Gasteiger partial charge < -0.3 is 0 Å². The number of hydrogen-bond acceptors (Lipinski definition) is 2. The van der Waals surface area contributed by atoms with Gasteiger partial charge in [-0.1, -0.05) is 17.7 Å². The van der Waals surface area contributed by atoms with E-state index in [1.807, 2.05) is 6.92 Å². The summed E-state index contributed by atoms with van der Waals surface area (Å²) in [5.74, 6) is -1.07. The number of benzene rings is 1. The van der Waals surface area contributed by atoms with E-state index in [4.69, 9.17) is 11.6 Å².